The number of esters is 1. The first-order valence-electron chi connectivity index (χ1n) is 9.99. The molecule has 31 heavy (non-hydrogen) atoms. The molecule has 0 saturated carbocycles. The Kier molecular flexibility index (Phi) is 6.69. The number of carbonyl (C=O) groups excluding carboxylic acids is 4. The molecule has 3 rings (SSSR count). The van der Waals surface area contributed by atoms with Gasteiger partial charge in [-0.2, -0.15) is 0 Å². The molecule has 1 aliphatic rings. The zero-order valence-electron chi connectivity index (χ0n) is 17.7. The Morgan fingerprint density at radius 3 is 2.32 bits per heavy atom. The number of likely N-dealkylation sites (tertiary alicyclic amines) is 1. The van der Waals surface area contributed by atoms with Crippen molar-refractivity contribution in [3.05, 3.63) is 59.7 Å². The van der Waals surface area contributed by atoms with Crippen molar-refractivity contribution < 1.29 is 23.9 Å². The van der Waals surface area contributed by atoms with E-state index >= 15 is 0 Å². The summed E-state index contributed by atoms with van der Waals surface area (Å²) in [5.41, 5.74) is 1.49. The van der Waals surface area contributed by atoms with E-state index in [2.05, 4.69) is 10.6 Å². The second-order valence-electron chi connectivity index (χ2n) is 7.60. The first kappa shape index (κ1) is 22.0. The van der Waals surface area contributed by atoms with E-state index in [-0.39, 0.29) is 29.8 Å². The summed E-state index contributed by atoms with van der Waals surface area (Å²) in [5.74, 6) is -1.58. The number of methoxy groups -OCH3 is 1. The standard InChI is InChI=1S/C23H25N3O5/c1-14(2)26-13-16(12-20(26)27)22(29)24-17-10-8-15(9-11-17)21(28)25-19-7-5-4-6-18(19)23(30)31-3/h4-11,14,16H,12-13H2,1-3H3,(H,24,29)(H,25,28). The Morgan fingerprint density at radius 1 is 1.03 bits per heavy atom. The van der Waals surface area contributed by atoms with Crippen LogP contribution in [0.5, 0.6) is 0 Å². The fraction of sp³-hybridized carbons (Fsp3) is 0.304. The fourth-order valence-electron chi connectivity index (χ4n) is 3.43. The molecule has 8 heteroatoms. The van der Waals surface area contributed by atoms with Crippen LogP contribution >= 0.6 is 0 Å². The molecular weight excluding hydrogens is 398 g/mol. The van der Waals surface area contributed by atoms with Gasteiger partial charge in [0, 0.05) is 30.3 Å². The summed E-state index contributed by atoms with van der Waals surface area (Å²) in [5, 5.41) is 5.50. The SMILES string of the molecule is COC(=O)c1ccccc1NC(=O)c1ccc(NC(=O)C2CC(=O)N(C(C)C)C2)cc1. The number of anilines is 2. The smallest absolute Gasteiger partial charge is 0.339 e. The maximum absolute atomic E-state index is 12.6. The monoisotopic (exact) mass is 423 g/mol. The number of nitrogens with zero attached hydrogens (tertiary/aromatic N) is 1. The third-order valence-electron chi connectivity index (χ3n) is 5.15. The van der Waals surface area contributed by atoms with Gasteiger partial charge in [-0.3, -0.25) is 14.4 Å². The molecule has 2 N–H and O–H groups in total. The normalized spacial score (nSPS) is 15.7. The van der Waals surface area contributed by atoms with Crippen LogP contribution in [0, 0.1) is 5.92 Å². The average molecular weight is 423 g/mol. The van der Waals surface area contributed by atoms with Gasteiger partial charge in [-0.05, 0) is 50.2 Å². The van der Waals surface area contributed by atoms with Crippen LogP contribution in [0.15, 0.2) is 48.5 Å². The van der Waals surface area contributed by atoms with Gasteiger partial charge in [-0.1, -0.05) is 12.1 Å². The van der Waals surface area contributed by atoms with Crippen molar-refractivity contribution in [2.75, 3.05) is 24.3 Å². The lowest BCUT2D eigenvalue weighted by molar-refractivity contribution is -0.129. The number of hydrogen-bond acceptors (Lipinski definition) is 5. The molecule has 3 amide bonds. The molecule has 1 heterocycles. The maximum Gasteiger partial charge on any atom is 0.339 e. The predicted octanol–water partition coefficient (Wildman–Crippen LogP) is 2.92. The lowest BCUT2D eigenvalue weighted by Crippen LogP contribution is -2.33. The second kappa shape index (κ2) is 9.42. The quantitative estimate of drug-likeness (QED) is 0.695. The highest BCUT2D eigenvalue weighted by molar-refractivity contribution is 6.08. The van der Waals surface area contributed by atoms with Crippen LogP contribution in [0.1, 0.15) is 41.0 Å². The number of nitrogens with one attached hydrogen (secondary N) is 2. The number of ether oxygens (including phenoxy) is 1. The Balaban J connectivity index is 1.63. The third-order valence-corrected chi connectivity index (χ3v) is 5.15. The molecule has 1 saturated heterocycles. The van der Waals surface area contributed by atoms with Crippen molar-refractivity contribution in [3.8, 4) is 0 Å². The average Bonchev–Trinajstić information content (AvgIpc) is 3.16. The van der Waals surface area contributed by atoms with Crippen LogP contribution < -0.4 is 10.6 Å². The van der Waals surface area contributed by atoms with Crippen LogP contribution in [-0.4, -0.2) is 48.3 Å². The van der Waals surface area contributed by atoms with E-state index in [0.717, 1.165) is 0 Å². The Bertz CT molecular complexity index is 1000. The maximum atomic E-state index is 12.6. The number of rotatable bonds is 6. The molecule has 0 aromatic heterocycles. The van der Waals surface area contributed by atoms with E-state index in [4.69, 9.17) is 4.74 Å². The van der Waals surface area contributed by atoms with Crippen LogP contribution in [0.25, 0.3) is 0 Å². The number of amides is 3. The van der Waals surface area contributed by atoms with Crippen LogP contribution in [0.2, 0.25) is 0 Å². The topological polar surface area (TPSA) is 105 Å². The van der Waals surface area contributed by atoms with E-state index in [0.29, 0.717) is 23.5 Å². The Labute approximate surface area is 180 Å². The molecule has 1 fully saturated rings. The molecule has 2 aromatic rings. The molecule has 2 aromatic carbocycles. The molecular formula is C23H25N3O5. The van der Waals surface area contributed by atoms with Crippen molar-refractivity contribution in [3.63, 3.8) is 0 Å². The molecule has 1 aliphatic heterocycles. The Hall–Kier alpha value is -3.68. The van der Waals surface area contributed by atoms with Crippen molar-refractivity contribution in [2.24, 2.45) is 5.92 Å². The van der Waals surface area contributed by atoms with Crippen molar-refractivity contribution >= 4 is 35.1 Å². The fourth-order valence-corrected chi connectivity index (χ4v) is 3.43. The number of carbonyl (C=O) groups is 4. The van der Waals surface area contributed by atoms with Gasteiger partial charge in [0.2, 0.25) is 11.8 Å². The van der Waals surface area contributed by atoms with Crippen molar-refractivity contribution in [1.82, 2.24) is 4.90 Å². The van der Waals surface area contributed by atoms with E-state index in [9.17, 15) is 19.2 Å². The molecule has 162 valence electrons. The van der Waals surface area contributed by atoms with Crippen molar-refractivity contribution in [1.29, 1.82) is 0 Å². The molecule has 0 radical (unpaired) electrons. The first-order chi connectivity index (χ1) is 14.8. The minimum atomic E-state index is -0.546. The van der Waals surface area contributed by atoms with Crippen LogP contribution in [0.4, 0.5) is 11.4 Å². The molecule has 8 nitrogen and oxygen atoms in total. The molecule has 1 atom stereocenters. The summed E-state index contributed by atoms with van der Waals surface area (Å²) < 4.78 is 4.73. The highest BCUT2D eigenvalue weighted by atomic mass is 16.5. The van der Waals surface area contributed by atoms with Gasteiger partial charge in [0.1, 0.15) is 0 Å². The van der Waals surface area contributed by atoms with E-state index < -0.39 is 17.8 Å². The lowest BCUT2D eigenvalue weighted by atomic mass is 10.1. The second-order valence-corrected chi connectivity index (χ2v) is 7.60. The summed E-state index contributed by atoms with van der Waals surface area (Å²) in [7, 11) is 1.27. The minimum Gasteiger partial charge on any atom is -0.465 e. The van der Waals surface area contributed by atoms with E-state index in [1.807, 2.05) is 13.8 Å². The highest BCUT2D eigenvalue weighted by Gasteiger charge is 2.35. The summed E-state index contributed by atoms with van der Waals surface area (Å²) in [6.07, 6.45) is 0.199. The summed E-state index contributed by atoms with van der Waals surface area (Å²) >= 11 is 0. The van der Waals surface area contributed by atoms with Crippen LogP contribution in [0.3, 0.4) is 0 Å². The highest BCUT2D eigenvalue weighted by Crippen LogP contribution is 2.22. The molecule has 0 bridgehead atoms. The predicted molar refractivity (Wildman–Crippen MR) is 116 cm³/mol. The molecule has 0 spiro atoms. The molecule has 1 unspecified atom stereocenters. The van der Waals surface area contributed by atoms with Gasteiger partial charge < -0.3 is 20.3 Å². The Morgan fingerprint density at radius 2 is 1.71 bits per heavy atom. The number of para-hydroxylation sites is 1. The lowest BCUT2D eigenvalue weighted by Gasteiger charge is -2.20. The zero-order chi connectivity index (χ0) is 22.5. The van der Waals surface area contributed by atoms with Crippen LogP contribution in [-0.2, 0) is 14.3 Å². The third kappa shape index (κ3) is 5.09. The first-order valence-corrected chi connectivity index (χ1v) is 9.99. The van der Waals surface area contributed by atoms with Gasteiger partial charge in [-0.25, -0.2) is 4.79 Å². The number of benzene rings is 2. The van der Waals surface area contributed by atoms with Gasteiger partial charge in [0.05, 0.1) is 24.3 Å². The van der Waals surface area contributed by atoms with Gasteiger partial charge in [0.25, 0.3) is 5.91 Å². The van der Waals surface area contributed by atoms with Gasteiger partial charge >= 0.3 is 5.97 Å². The minimum absolute atomic E-state index is 0.0191. The van der Waals surface area contributed by atoms with Crippen molar-refractivity contribution in [2.45, 2.75) is 26.3 Å². The number of hydrogen-bond donors (Lipinski definition) is 2. The summed E-state index contributed by atoms with van der Waals surface area (Å²) in [6, 6.07) is 13.0. The molecule has 0 aliphatic carbocycles. The van der Waals surface area contributed by atoms with E-state index in [1.54, 1.807) is 53.4 Å². The largest absolute Gasteiger partial charge is 0.465 e. The van der Waals surface area contributed by atoms with E-state index in [1.165, 1.54) is 7.11 Å². The summed E-state index contributed by atoms with van der Waals surface area (Å²) in [6.45, 7) is 4.25. The zero-order valence-corrected chi connectivity index (χ0v) is 17.7. The van der Waals surface area contributed by atoms with Gasteiger partial charge in [0.15, 0.2) is 0 Å². The van der Waals surface area contributed by atoms with Gasteiger partial charge in [-0.15, -0.1) is 0 Å². The summed E-state index contributed by atoms with van der Waals surface area (Å²) in [4.78, 5) is 50.6.